The summed E-state index contributed by atoms with van der Waals surface area (Å²) >= 11 is 0. The number of carbonyl (C=O) groups excluding carboxylic acids is 2. The Kier molecular flexibility index (Phi) is 6.67. The third-order valence-electron chi connectivity index (χ3n) is 2.98. The smallest absolute Gasteiger partial charge is 0.315 e. The minimum atomic E-state index is -0.423. The van der Waals surface area contributed by atoms with Crippen molar-refractivity contribution in [3.63, 3.8) is 0 Å². The molecule has 1 fully saturated rings. The first-order chi connectivity index (χ1) is 8.63. The summed E-state index contributed by atoms with van der Waals surface area (Å²) in [7, 11) is 0. The van der Waals surface area contributed by atoms with Gasteiger partial charge in [0.15, 0.2) is 0 Å². The second-order valence-electron chi connectivity index (χ2n) is 4.76. The molecule has 0 aromatic heterocycles. The molecule has 6 nitrogen and oxygen atoms in total. The number of hydrogen-bond acceptors (Lipinski definition) is 4. The molecule has 1 heterocycles. The number of hydrogen-bond donors (Lipinski definition) is 2. The van der Waals surface area contributed by atoms with Crippen LogP contribution in [0.4, 0.5) is 4.79 Å². The molecule has 0 aliphatic carbocycles. The van der Waals surface area contributed by atoms with Gasteiger partial charge in [-0.2, -0.15) is 0 Å². The zero-order valence-electron chi connectivity index (χ0n) is 11.1. The highest BCUT2D eigenvalue weighted by atomic mass is 16.5. The molecule has 0 radical (unpaired) electrons. The number of amides is 2. The Labute approximate surface area is 108 Å². The molecule has 1 aliphatic heterocycles. The first kappa shape index (κ1) is 14.9. The molecule has 1 rings (SSSR count). The van der Waals surface area contributed by atoms with E-state index in [1.165, 1.54) is 0 Å². The van der Waals surface area contributed by atoms with Gasteiger partial charge < -0.3 is 20.2 Å². The van der Waals surface area contributed by atoms with E-state index < -0.39 is 6.04 Å². The lowest BCUT2D eigenvalue weighted by Gasteiger charge is -2.26. The Morgan fingerprint density at radius 2 is 2.06 bits per heavy atom. The summed E-state index contributed by atoms with van der Waals surface area (Å²) < 4.78 is 5.24. The van der Waals surface area contributed by atoms with Crippen molar-refractivity contribution in [3.8, 4) is 0 Å². The van der Waals surface area contributed by atoms with Crippen LogP contribution in [0, 0.1) is 5.92 Å². The second kappa shape index (κ2) is 8.05. The fraction of sp³-hybridized carbons (Fsp3) is 0.833. The molecule has 1 atom stereocenters. The van der Waals surface area contributed by atoms with Gasteiger partial charge >= 0.3 is 6.03 Å². The Morgan fingerprint density at radius 3 is 2.61 bits per heavy atom. The predicted molar refractivity (Wildman–Crippen MR) is 68.5 cm³/mol. The molecule has 0 aromatic rings. The average Bonchev–Trinajstić information content (AvgIpc) is 2.37. The Hall–Kier alpha value is -1.14. The van der Waals surface area contributed by atoms with Crippen LogP contribution in [0.25, 0.3) is 0 Å². The van der Waals surface area contributed by atoms with Gasteiger partial charge in [-0.25, -0.2) is 4.79 Å². The van der Waals surface area contributed by atoms with Gasteiger partial charge in [-0.1, -0.05) is 13.8 Å². The number of nitrogens with zero attached hydrogens (tertiary/aromatic N) is 1. The van der Waals surface area contributed by atoms with Gasteiger partial charge in [-0.15, -0.1) is 0 Å². The van der Waals surface area contributed by atoms with E-state index in [0.717, 1.165) is 39.1 Å². The minimum Gasteiger partial charge on any atom is -0.379 e. The van der Waals surface area contributed by atoms with Crippen LogP contribution >= 0.6 is 0 Å². The Bertz CT molecular complexity index is 265. The maximum atomic E-state index is 11.5. The number of ether oxygens (including phenoxy) is 1. The van der Waals surface area contributed by atoms with Crippen molar-refractivity contribution in [1.82, 2.24) is 15.5 Å². The molecule has 0 spiro atoms. The van der Waals surface area contributed by atoms with Crippen molar-refractivity contribution in [2.45, 2.75) is 19.9 Å². The van der Waals surface area contributed by atoms with Crippen LogP contribution in [0.5, 0.6) is 0 Å². The van der Waals surface area contributed by atoms with Crippen molar-refractivity contribution >= 4 is 12.3 Å². The third-order valence-corrected chi connectivity index (χ3v) is 2.98. The van der Waals surface area contributed by atoms with Crippen LogP contribution in [0.1, 0.15) is 13.8 Å². The summed E-state index contributed by atoms with van der Waals surface area (Å²) in [6, 6.07) is -0.706. The topological polar surface area (TPSA) is 70.7 Å². The molecule has 1 saturated heterocycles. The largest absolute Gasteiger partial charge is 0.379 e. The molecule has 6 heteroatoms. The monoisotopic (exact) mass is 257 g/mol. The van der Waals surface area contributed by atoms with Crippen LogP contribution in [0.15, 0.2) is 0 Å². The lowest BCUT2D eigenvalue weighted by molar-refractivity contribution is -0.110. The van der Waals surface area contributed by atoms with Crippen molar-refractivity contribution in [3.05, 3.63) is 0 Å². The number of morpholine rings is 1. The number of carbonyl (C=O) groups is 2. The van der Waals surface area contributed by atoms with Crippen LogP contribution < -0.4 is 10.6 Å². The molecule has 2 amide bonds. The maximum absolute atomic E-state index is 11.5. The van der Waals surface area contributed by atoms with Gasteiger partial charge in [0.05, 0.1) is 19.3 Å². The molecule has 18 heavy (non-hydrogen) atoms. The Morgan fingerprint density at radius 1 is 1.39 bits per heavy atom. The summed E-state index contributed by atoms with van der Waals surface area (Å²) in [6.07, 6.45) is 0.770. The summed E-state index contributed by atoms with van der Waals surface area (Å²) in [6.45, 7) is 8.51. The number of rotatable bonds is 6. The van der Waals surface area contributed by atoms with Crippen LogP contribution in [-0.2, 0) is 9.53 Å². The molecule has 0 saturated carbocycles. The number of aldehydes is 1. The normalized spacial score (nSPS) is 18.4. The fourth-order valence-electron chi connectivity index (χ4n) is 1.71. The third kappa shape index (κ3) is 5.46. The molecular weight excluding hydrogens is 234 g/mol. The summed E-state index contributed by atoms with van der Waals surface area (Å²) in [5, 5.41) is 5.40. The summed E-state index contributed by atoms with van der Waals surface area (Å²) in [5.74, 6) is 0.104. The van der Waals surface area contributed by atoms with Crippen molar-refractivity contribution < 1.29 is 14.3 Å². The zero-order valence-corrected chi connectivity index (χ0v) is 11.1. The first-order valence-corrected chi connectivity index (χ1v) is 6.43. The van der Waals surface area contributed by atoms with Crippen molar-refractivity contribution in [1.29, 1.82) is 0 Å². The summed E-state index contributed by atoms with van der Waals surface area (Å²) in [5.41, 5.74) is 0. The van der Waals surface area contributed by atoms with Gasteiger partial charge in [-0.3, -0.25) is 4.90 Å². The number of nitrogens with one attached hydrogen (secondary N) is 2. The molecule has 0 bridgehead atoms. The lowest BCUT2D eigenvalue weighted by Crippen LogP contribution is -2.48. The van der Waals surface area contributed by atoms with Gasteiger partial charge in [0.2, 0.25) is 0 Å². The fourth-order valence-corrected chi connectivity index (χ4v) is 1.71. The molecule has 0 aromatic carbocycles. The molecule has 104 valence electrons. The predicted octanol–water partition coefficient (Wildman–Crippen LogP) is -0.159. The van der Waals surface area contributed by atoms with E-state index in [9.17, 15) is 9.59 Å². The van der Waals surface area contributed by atoms with E-state index in [1.54, 1.807) is 0 Å². The maximum Gasteiger partial charge on any atom is 0.315 e. The van der Waals surface area contributed by atoms with Crippen molar-refractivity contribution in [2.24, 2.45) is 5.92 Å². The SMILES string of the molecule is CC(C)[C@@H](C=O)NC(=O)NCCN1CCOCC1. The standard InChI is InChI=1S/C12H23N3O3/c1-10(2)11(9-16)14-12(17)13-3-4-15-5-7-18-8-6-15/h9-11H,3-8H2,1-2H3,(H2,13,14,17)/t11-/m1/s1. The van der Waals surface area contributed by atoms with Crippen LogP contribution in [0.2, 0.25) is 0 Å². The van der Waals surface area contributed by atoms with E-state index >= 15 is 0 Å². The van der Waals surface area contributed by atoms with Crippen LogP contribution in [-0.4, -0.2) is 62.7 Å². The highest BCUT2D eigenvalue weighted by molar-refractivity contribution is 5.78. The lowest BCUT2D eigenvalue weighted by atomic mass is 10.1. The van der Waals surface area contributed by atoms with E-state index in [1.807, 2.05) is 13.8 Å². The van der Waals surface area contributed by atoms with E-state index in [2.05, 4.69) is 15.5 Å². The molecule has 2 N–H and O–H groups in total. The molecule has 0 unspecified atom stereocenters. The molecular formula is C12H23N3O3. The Balaban J connectivity index is 2.14. The van der Waals surface area contributed by atoms with Gasteiger partial charge in [-0.05, 0) is 5.92 Å². The van der Waals surface area contributed by atoms with E-state index in [-0.39, 0.29) is 11.9 Å². The van der Waals surface area contributed by atoms with Gasteiger partial charge in [0.25, 0.3) is 0 Å². The first-order valence-electron chi connectivity index (χ1n) is 6.43. The van der Waals surface area contributed by atoms with Crippen molar-refractivity contribution in [2.75, 3.05) is 39.4 Å². The van der Waals surface area contributed by atoms with Gasteiger partial charge in [0.1, 0.15) is 6.29 Å². The van der Waals surface area contributed by atoms with E-state index in [4.69, 9.17) is 4.74 Å². The van der Waals surface area contributed by atoms with Crippen LogP contribution in [0.3, 0.4) is 0 Å². The minimum absolute atomic E-state index is 0.104. The highest BCUT2D eigenvalue weighted by Crippen LogP contribution is 1.98. The van der Waals surface area contributed by atoms with Gasteiger partial charge in [0, 0.05) is 26.2 Å². The molecule has 1 aliphatic rings. The average molecular weight is 257 g/mol. The van der Waals surface area contributed by atoms with E-state index in [0.29, 0.717) is 6.54 Å². The quantitative estimate of drug-likeness (QED) is 0.649. The highest BCUT2D eigenvalue weighted by Gasteiger charge is 2.15. The zero-order chi connectivity index (χ0) is 13.4. The second-order valence-corrected chi connectivity index (χ2v) is 4.76. The summed E-state index contributed by atoms with van der Waals surface area (Å²) in [4.78, 5) is 24.5. The number of urea groups is 1.